The highest BCUT2D eigenvalue weighted by Crippen LogP contribution is 2.26. The fraction of sp³-hybridized carbons (Fsp3) is 0.0625. The second kappa shape index (κ2) is 6.62. The smallest absolute Gasteiger partial charge is 0.258 e. The van der Waals surface area contributed by atoms with E-state index in [2.05, 4.69) is 15.5 Å². The molecule has 0 aliphatic carbocycles. The molecule has 7 heteroatoms. The van der Waals surface area contributed by atoms with Crippen molar-refractivity contribution in [2.75, 3.05) is 5.32 Å². The van der Waals surface area contributed by atoms with Crippen molar-refractivity contribution in [3.05, 3.63) is 66.2 Å². The van der Waals surface area contributed by atoms with Crippen LogP contribution in [0.1, 0.15) is 10.4 Å². The molecule has 0 aliphatic heterocycles. The molecule has 0 unspecified atom stereocenters. The Morgan fingerprint density at radius 3 is 2.57 bits per heavy atom. The van der Waals surface area contributed by atoms with E-state index in [0.717, 1.165) is 10.1 Å². The monoisotopic (exact) mass is 328 g/mol. The zero-order valence-electron chi connectivity index (χ0n) is 12.2. The molecule has 1 amide bonds. The third-order valence-electron chi connectivity index (χ3n) is 3.11. The molecule has 0 saturated carbocycles. The second-order valence-corrected chi connectivity index (χ2v) is 5.83. The molecule has 116 valence electrons. The van der Waals surface area contributed by atoms with Gasteiger partial charge in [0, 0.05) is 17.6 Å². The van der Waals surface area contributed by atoms with E-state index in [0.29, 0.717) is 5.69 Å². The van der Waals surface area contributed by atoms with Gasteiger partial charge in [-0.15, -0.1) is 10.2 Å². The first-order valence-corrected chi connectivity index (χ1v) is 7.63. The lowest BCUT2D eigenvalue weighted by Gasteiger charge is -2.07. The molecule has 5 nitrogen and oxygen atoms in total. The molecular formula is C16H13FN4OS. The van der Waals surface area contributed by atoms with Crippen molar-refractivity contribution in [1.82, 2.24) is 14.8 Å². The number of halogens is 1. The molecule has 3 aromatic rings. The Balaban J connectivity index is 1.69. The largest absolute Gasteiger partial charge is 0.322 e. The molecule has 0 saturated heterocycles. The maximum Gasteiger partial charge on any atom is 0.258 e. The van der Waals surface area contributed by atoms with E-state index in [1.807, 2.05) is 23.7 Å². The molecule has 0 radical (unpaired) electrons. The van der Waals surface area contributed by atoms with Crippen LogP contribution in [0, 0.1) is 5.82 Å². The van der Waals surface area contributed by atoms with Gasteiger partial charge >= 0.3 is 0 Å². The number of aryl methyl sites for hydroxylation is 1. The van der Waals surface area contributed by atoms with Crippen LogP contribution in [0.2, 0.25) is 0 Å². The van der Waals surface area contributed by atoms with Crippen molar-refractivity contribution in [1.29, 1.82) is 0 Å². The number of rotatable bonds is 4. The molecule has 1 heterocycles. The third-order valence-corrected chi connectivity index (χ3v) is 4.17. The van der Waals surface area contributed by atoms with Crippen LogP contribution in [0.4, 0.5) is 10.1 Å². The number of amides is 1. The lowest BCUT2D eigenvalue weighted by Crippen LogP contribution is -2.13. The van der Waals surface area contributed by atoms with E-state index in [9.17, 15) is 9.18 Å². The van der Waals surface area contributed by atoms with Gasteiger partial charge in [0.05, 0.1) is 5.56 Å². The van der Waals surface area contributed by atoms with Crippen LogP contribution in [-0.2, 0) is 7.05 Å². The van der Waals surface area contributed by atoms with E-state index < -0.39 is 11.7 Å². The van der Waals surface area contributed by atoms with E-state index in [1.165, 1.54) is 23.9 Å². The summed E-state index contributed by atoms with van der Waals surface area (Å²) in [7, 11) is 1.87. The summed E-state index contributed by atoms with van der Waals surface area (Å²) in [6, 6.07) is 13.1. The average molecular weight is 328 g/mol. The van der Waals surface area contributed by atoms with Crippen molar-refractivity contribution >= 4 is 23.4 Å². The van der Waals surface area contributed by atoms with E-state index >= 15 is 0 Å². The molecule has 0 aliphatic rings. The van der Waals surface area contributed by atoms with Gasteiger partial charge in [0.15, 0.2) is 5.16 Å². The molecule has 23 heavy (non-hydrogen) atoms. The lowest BCUT2D eigenvalue weighted by molar-refractivity contribution is 0.102. The summed E-state index contributed by atoms with van der Waals surface area (Å²) in [6.45, 7) is 0. The minimum atomic E-state index is -0.542. The van der Waals surface area contributed by atoms with Crippen LogP contribution in [-0.4, -0.2) is 20.7 Å². The minimum absolute atomic E-state index is 0.0186. The molecule has 2 aromatic carbocycles. The maximum atomic E-state index is 13.6. The highest BCUT2D eigenvalue weighted by atomic mass is 32.2. The fourth-order valence-corrected chi connectivity index (χ4v) is 2.68. The number of aromatic nitrogens is 3. The van der Waals surface area contributed by atoms with Gasteiger partial charge in [-0.1, -0.05) is 12.1 Å². The maximum absolute atomic E-state index is 13.6. The molecule has 0 fully saturated rings. The van der Waals surface area contributed by atoms with Crippen molar-refractivity contribution in [3.8, 4) is 0 Å². The summed E-state index contributed by atoms with van der Waals surface area (Å²) >= 11 is 1.46. The number of benzene rings is 2. The normalized spacial score (nSPS) is 10.5. The predicted octanol–water partition coefficient (Wildman–Crippen LogP) is 3.36. The number of carbonyl (C=O) groups is 1. The highest BCUT2D eigenvalue weighted by molar-refractivity contribution is 7.99. The first-order chi connectivity index (χ1) is 11.1. The zero-order valence-corrected chi connectivity index (χ0v) is 13.0. The van der Waals surface area contributed by atoms with Crippen LogP contribution in [0.15, 0.2) is 64.9 Å². The number of carbonyl (C=O) groups excluding carboxylic acids is 1. The van der Waals surface area contributed by atoms with Crippen molar-refractivity contribution in [2.24, 2.45) is 7.05 Å². The van der Waals surface area contributed by atoms with Gasteiger partial charge in [-0.25, -0.2) is 4.39 Å². The Hall–Kier alpha value is -2.67. The Morgan fingerprint density at radius 2 is 1.91 bits per heavy atom. The Labute approximate surface area is 136 Å². The summed E-state index contributed by atoms with van der Waals surface area (Å²) in [6.07, 6.45) is 1.63. The van der Waals surface area contributed by atoms with E-state index in [4.69, 9.17) is 0 Å². The van der Waals surface area contributed by atoms with Gasteiger partial charge in [-0.2, -0.15) is 0 Å². The van der Waals surface area contributed by atoms with E-state index in [1.54, 1.807) is 30.6 Å². The molecular weight excluding hydrogens is 315 g/mol. The quantitative estimate of drug-likeness (QED) is 0.798. The molecule has 3 rings (SSSR count). The van der Waals surface area contributed by atoms with Crippen molar-refractivity contribution in [2.45, 2.75) is 10.1 Å². The summed E-state index contributed by atoms with van der Waals surface area (Å²) < 4.78 is 15.4. The summed E-state index contributed by atoms with van der Waals surface area (Å²) in [5.74, 6) is -1.02. The molecule has 0 bridgehead atoms. The van der Waals surface area contributed by atoms with Gasteiger partial charge in [0.25, 0.3) is 5.91 Å². The van der Waals surface area contributed by atoms with Crippen molar-refractivity contribution in [3.63, 3.8) is 0 Å². The molecule has 0 spiro atoms. The minimum Gasteiger partial charge on any atom is -0.322 e. The predicted molar refractivity (Wildman–Crippen MR) is 85.9 cm³/mol. The van der Waals surface area contributed by atoms with Crippen LogP contribution < -0.4 is 5.32 Å². The first kappa shape index (κ1) is 15.2. The van der Waals surface area contributed by atoms with Crippen LogP contribution >= 0.6 is 11.8 Å². The summed E-state index contributed by atoms with van der Waals surface area (Å²) in [5.41, 5.74) is 0.616. The molecule has 1 N–H and O–H groups in total. The van der Waals surface area contributed by atoms with Gasteiger partial charge in [0.1, 0.15) is 12.1 Å². The number of hydrogen-bond donors (Lipinski definition) is 1. The summed E-state index contributed by atoms with van der Waals surface area (Å²) in [4.78, 5) is 13.0. The highest BCUT2D eigenvalue weighted by Gasteiger charge is 2.11. The first-order valence-electron chi connectivity index (χ1n) is 6.81. The average Bonchev–Trinajstić information content (AvgIpc) is 2.95. The zero-order chi connectivity index (χ0) is 16.2. The summed E-state index contributed by atoms with van der Waals surface area (Å²) in [5, 5.41) is 11.3. The number of nitrogens with one attached hydrogen (secondary N) is 1. The number of hydrogen-bond acceptors (Lipinski definition) is 4. The van der Waals surface area contributed by atoms with Crippen LogP contribution in [0.5, 0.6) is 0 Å². The van der Waals surface area contributed by atoms with Crippen LogP contribution in [0.3, 0.4) is 0 Å². The van der Waals surface area contributed by atoms with Gasteiger partial charge in [-0.05, 0) is 48.2 Å². The Morgan fingerprint density at radius 1 is 1.17 bits per heavy atom. The van der Waals surface area contributed by atoms with Gasteiger partial charge in [0.2, 0.25) is 0 Å². The SMILES string of the molecule is Cn1cnnc1Sc1ccc(NC(=O)c2ccccc2F)cc1. The topological polar surface area (TPSA) is 59.8 Å². The third kappa shape index (κ3) is 3.57. The molecule has 0 atom stereocenters. The van der Waals surface area contributed by atoms with Crippen molar-refractivity contribution < 1.29 is 9.18 Å². The molecule has 1 aromatic heterocycles. The lowest BCUT2D eigenvalue weighted by atomic mass is 10.2. The number of anilines is 1. The Kier molecular flexibility index (Phi) is 4.38. The van der Waals surface area contributed by atoms with Gasteiger partial charge in [-0.3, -0.25) is 4.79 Å². The number of nitrogens with zero attached hydrogens (tertiary/aromatic N) is 3. The van der Waals surface area contributed by atoms with E-state index in [-0.39, 0.29) is 5.56 Å². The van der Waals surface area contributed by atoms with Crippen LogP contribution in [0.25, 0.3) is 0 Å². The standard InChI is InChI=1S/C16H13FN4OS/c1-21-10-18-20-16(21)23-12-8-6-11(7-9-12)19-15(22)13-4-2-3-5-14(13)17/h2-10H,1H3,(H,19,22). The Bertz CT molecular complexity index is 832. The second-order valence-electron chi connectivity index (χ2n) is 4.78. The van der Waals surface area contributed by atoms with Gasteiger partial charge < -0.3 is 9.88 Å². The fourth-order valence-electron chi connectivity index (χ4n) is 1.92.